The summed E-state index contributed by atoms with van der Waals surface area (Å²) in [6.07, 6.45) is 2.01. The second-order valence-corrected chi connectivity index (χ2v) is 10.2. The molecule has 2 aromatic rings. The van der Waals surface area contributed by atoms with Crippen molar-refractivity contribution in [2.24, 2.45) is 5.92 Å². The van der Waals surface area contributed by atoms with Crippen LogP contribution in [0.1, 0.15) is 30.5 Å². The molecule has 1 amide bonds. The first-order valence-electron chi connectivity index (χ1n) is 10.5. The van der Waals surface area contributed by atoms with Gasteiger partial charge in [0.05, 0.1) is 5.75 Å². The molecule has 30 heavy (non-hydrogen) atoms. The Hall–Kier alpha value is -2.12. The molecule has 5 rings (SSSR count). The predicted octanol–water partition coefficient (Wildman–Crippen LogP) is 3.26. The lowest BCUT2D eigenvalue weighted by atomic mass is 9.83. The molecule has 4 heterocycles. The maximum absolute atomic E-state index is 13.0. The summed E-state index contributed by atoms with van der Waals surface area (Å²) >= 11 is 7.20. The molecular weight excluding hydrogens is 414 g/mol. The number of aromatic nitrogens is 1. The first-order valence-corrected chi connectivity index (χ1v) is 11.9. The number of carbonyl (C=O) groups excluding carboxylic acids is 1. The fourth-order valence-electron chi connectivity index (χ4n) is 5.28. The van der Waals surface area contributed by atoms with Gasteiger partial charge in [0.25, 0.3) is 5.56 Å². The van der Waals surface area contributed by atoms with E-state index < -0.39 is 0 Å². The highest BCUT2D eigenvalue weighted by Crippen LogP contribution is 2.36. The molecule has 3 aliphatic rings. The second-order valence-electron chi connectivity index (χ2n) is 8.60. The van der Waals surface area contributed by atoms with E-state index in [4.69, 9.17) is 12.2 Å². The summed E-state index contributed by atoms with van der Waals surface area (Å²) in [6.45, 7) is 4.55. The summed E-state index contributed by atoms with van der Waals surface area (Å²) in [7, 11) is 0. The molecule has 0 spiro atoms. The Bertz CT molecular complexity index is 1070. The minimum Gasteiger partial charge on any atom is -0.356 e. The monoisotopic (exact) mass is 439 g/mol. The minimum atomic E-state index is 0.0956. The van der Waals surface area contributed by atoms with Crippen LogP contribution in [0.15, 0.2) is 47.3 Å². The van der Waals surface area contributed by atoms with Crippen LogP contribution in [0.2, 0.25) is 0 Å². The number of thioether (sulfide) groups is 1. The number of thiocarbonyl (C=S) groups is 1. The summed E-state index contributed by atoms with van der Waals surface area (Å²) in [5.41, 5.74) is 3.49. The molecule has 1 aromatic heterocycles. The number of para-hydroxylation sites is 1. The van der Waals surface area contributed by atoms with Gasteiger partial charge in [0.1, 0.15) is 4.32 Å². The molecule has 0 radical (unpaired) electrons. The van der Waals surface area contributed by atoms with Crippen molar-refractivity contribution in [1.82, 2.24) is 9.47 Å². The van der Waals surface area contributed by atoms with E-state index in [1.54, 1.807) is 6.07 Å². The smallest absolute Gasteiger partial charge is 0.250 e. The van der Waals surface area contributed by atoms with Crippen molar-refractivity contribution < 1.29 is 4.79 Å². The average Bonchev–Trinajstić information content (AvgIpc) is 3.08. The van der Waals surface area contributed by atoms with Gasteiger partial charge in [-0.1, -0.05) is 48.2 Å². The molecule has 1 aromatic carbocycles. The number of fused-ring (bicyclic) bond motifs is 5. The lowest BCUT2D eigenvalue weighted by molar-refractivity contribution is -0.116. The van der Waals surface area contributed by atoms with E-state index in [0.717, 1.165) is 48.2 Å². The van der Waals surface area contributed by atoms with Crippen molar-refractivity contribution in [2.45, 2.75) is 38.3 Å². The number of benzene rings is 1. The molecule has 1 fully saturated rings. The van der Waals surface area contributed by atoms with Crippen LogP contribution in [0.4, 0.5) is 5.69 Å². The highest BCUT2D eigenvalue weighted by atomic mass is 32.2. The number of pyridine rings is 1. The summed E-state index contributed by atoms with van der Waals surface area (Å²) in [6, 6.07) is 13.9. The molecule has 1 saturated heterocycles. The van der Waals surface area contributed by atoms with Gasteiger partial charge in [-0.15, -0.1) is 0 Å². The van der Waals surface area contributed by atoms with Gasteiger partial charge < -0.3 is 14.4 Å². The highest BCUT2D eigenvalue weighted by Gasteiger charge is 2.36. The minimum absolute atomic E-state index is 0.0956. The summed E-state index contributed by atoms with van der Waals surface area (Å²) in [5.74, 6) is 1.23. The van der Waals surface area contributed by atoms with Crippen LogP contribution in [-0.4, -0.2) is 44.6 Å². The van der Waals surface area contributed by atoms with Gasteiger partial charge in [-0.2, -0.15) is 0 Å². The van der Waals surface area contributed by atoms with Crippen molar-refractivity contribution in [3.8, 4) is 0 Å². The van der Waals surface area contributed by atoms with Gasteiger partial charge >= 0.3 is 0 Å². The van der Waals surface area contributed by atoms with Crippen LogP contribution in [0.5, 0.6) is 0 Å². The number of hydrogen-bond acceptors (Lipinski definition) is 4. The van der Waals surface area contributed by atoms with Crippen LogP contribution in [-0.2, 0) is 17.8 Å². The zero-order valence-corrected chi connectivity index (χ0v) is 18.6. The van der Waals surface area contributed by atoms with Crippen molar-refractivity contribution in [3.63, 3.8) is 0 Å². The maximum atomic E-state index is 13.0. The summed E-state index contributed by atoms with van der Waals surface area (Å²) in [4.78, 5) is 29.4. The molecular formula is C23H25N3O2S2. The Labute approximate surface area is 186 Å². The lowest BCUT2D eigenvalue weighted by Gasteiger charge is -2.43. The van der Waals surface area contributed by atoms with Crippen LogP contribution in [0.3, 0.4) is 0 Å². The van der Waals surface area contributed by atoms with E-state index in [9.17, 15) is 9.59 Å². The second kappa shape index (κ2) is 7.85. The van der Waals surface area contributed by atoms with Gasteiger partial charge in [0.2, 0.25) is 5.91 Å². The molecule has 156 valence electrons. The Morgan fingerprint density at radius 1 is 1.13 bits per heavy atom. The largest absolute Gasteiger partial charge is 0.356 e. The molecule has 0 saturated carbocycles. The number of piperidine rings is 1. The van der Waals surface area contributed by atoms with Crippen molar-refractivity contribution >= 4 is 39.9 Å². The Kier molecular flexibility index (Phi) is 5.19. The third-order valence-electron chi connectivity index (χ3n) is 6.53. The van der Waals surface area contributed by atoms with Gasteiger partial charge in [-0.3, -0.25) is 9.59 Å². The zero-order valence-electron chi connectivity index (χ0n) is 17.0. The Morgan fingerprint density at radius 2 is 1.97 bits per heavy atom. The summed E-state index contributed by atoms with van der Waals surface area (Å²) < 4.78 is 2.73. The SMILES string of the molecule is CC1Cc2ccccc2N1C(=O)CSC(=S)N1CC2CC(C1)c1cccc(=O)n1C2. The molecule has 3 unspecified atom stereocenters. The topological polar surface area (TPSA) is 45.6 Å². The third kappa shape index (κ3) is 3.48. The Balaban J connectivity index is 1.24. The molecule has 2 bridgehead atoms. The molecule has 7 heteroatoms. The van der Waals surface area contributed by atoms with E-state index in [1.165, 1.54) is 17.3 Å². The highest BCUT2D eigenvalue weighted by molar-refractivity contribution is 8.23. The number of carbonyl (C=O) groups is 1. The van der Waals surface area contributed by atoms with E-state index in [0.29, 0.717) is 17.6 Å². The normalized spacial score (nSPS) is 24.4. The van der Waals surface area contributed by atoms with Crippen LogP contribution >= 0.6 is 24.0 Å². The molecule has 3 atom stereocenters. The van der Waals surface area contributed by atoms with E-state index in [1.807, 2.05) is 33.7 Å². The summed E-state index contributed by atoms with van der Waals surface area (Å²) in [5, 5.41) is 0. The van der Waals surface area contributed by atoms with Crippen molar-refractivity contribution in [2.75, 3.05) is 23.7 Å². The number of amides is 1. The van der Waals surface area contributed by atoms with Crippen LogP contribution < -0.4 is 10.5 Å². The number of anilines is 1. The molecule has 0 aliphatic carbocycles. The molecule has 3 aliphatic heterocycles. The Morgan fingerprint density at radius 3 is 2.83 bits per heavy atom. The van der Waals surface area contributed by atoms with E-state index in [2.05, 4.69) is 24.0 Å². The standard InChI is InChI=1S/C23H25N3O2S2/c1-15-9-17-5-2-3-6-20(17)26(15)22(28)14-30-23(29)24-11-16-10-18(13-24)19-7-4-8-21(27)25(19)12-16/h2-8,15-16,18H,9-14H2,1H3. The number of rotatable bonds is 2. The first kappa shape index (κ1) is 19.8. The van der Waals surface area contributed by atoms with Crippen molar-refractivity contribution in [1.29, 1.82) is 0 Å². The molecule has 5 nitrogen and oxygen atoms in total. The average molecular weight is 440 g/mol. The van der Waals surface area contributed by atoms with Crippen LogP contribution in [0, 0.1) is 5.92 Å². The lowest BCUT2D eigenvalue weighted by Crippen LogP contribution is -2.48. The van der Waals surface area contributed by atoms with Gasteiger partial charge in [0.15, 0.2) is 0 Å². The fraction of sp³-hybridized carbons (Fsp3) is 0.435. The van der Waals surface area contributed by atoms with Gasteiger partial charge in [0, 0.05) is 49.0 Å². The number of likely N-dealkylation sites (tertiary alicyclic amines) is 1. The van der Waals surface area contributed by atoms with E-state index in [-0.39, 0.29) is 17.5 Å². The van der Waals surface area contributed by atoms with E-state index >= 15 is 0 Å². The van der Waals surface area contributed by atoms with Crippen molar-refractivity contribution in [3.05, 3.63) is 64.1 Å². The first-order chi connectivity index (χ1) is 14.5. The number of nitrogens with zero attached hydrogens (tertiary/aromatic N) is 3. The number of hydrogen-bond donors (Lipinski definition) is 0. The van der Waals surface area contributed by atoms with Gasteiger partial charge in [-0.05, 0) is 43.4 Å². The maximum Gasteiger partial charge on any atom is 0.250 e. The zero-order chi connectivity index (χ0) is 20.8. The molecule has 0 N–H and O–H groups in total. The quantitative estimate of drug-likeness (QED) is 0.672. The van der Waals surface area contributed by atoms with Gasteiger partial charge in [-0.25, -0.2) is 0 Å². The van der Waals surface area contributed by atoms with Crippen LogP contribution in [0.25, 0.3) is 0 Å². The predicted molar refractivity (Wildman–Crippen MR) is 125 cm³/mol. The fourth-order valence-corrected chi connectivity index (χ4v) is 6.32. The third-order valence-corrected chi connectivity index (χ3v) is 8.04.